The van der Waals surface area contributed by atoms with Crippen LogP contribution in [-0.4, -0.2) is 9.55 Å². The Morgan fingerprint density at radius 2 is 2.06 bits per heavy atom. The summed E-state index contributed by atoms with van der Waals surface area (Å²) >= 11 is 6.05. The number of nitrogens with zero attached hydrogens (tertiary/aromatic N) is 2. The van der Waals surface area contributed by atoms with Gasteiger partial charge in [0.05, 0.1) is 11.0 Å². The molecular formula is C14H20ClN3. The van der Waals surface area contributed by atoms with Crippen molar-refractivity contribution < 1.29 is 0 Å². The summed E-state index contributed by atoms with van der Waals surface area (Å²) in [5.41, 5.74) is 8.08. The monoisotopic (exact) mass is 265 g/mol. The van der Waals surface area contributed by atoms with Crippen LogP contribution in [0.2, 0.25) is 5.02 Å². The first kappa shape index (κ1) is 13.2. The first-order chi connectivity index (χ1) is 8.31. The van der Waals surface area contributed by atoms with Crippen molar-refractivity contribution in [2.75, 3.05) is 5.73 Å². The van der Waals surface area contributed by atoms with E-state index in [1.807, 2.05) is 18.2 Å². The van der Waals surface area contributed by atoms with Crippen LogP contribution in [0.1, 0.15) is 27.7 Å². The van der Waals surface area contributed by atoms with Gasteiger partial charge in [-0.3, -0.25) is 0 Å². The fraction of sp³-hybridized carbons (Fsp3) is 0.500. The smallest absolute Gasteiger partial charge is 0.201 e. The standard InChI is InChI=1S/C14H20ClN3/c1-9(2)14(3,4)8-18-12-7-10(15)5-6-11(12)17-13(18)16/h5-7,9H,8H2,1-4H3,(H2,16,17). The van der Waals surface area contributed by atoms with Crippen LogP contribution in [-0.2, 0) is 6.54 Å². The fourth-order valence-corrected chi connectivity index (χ4v) is 2.04. The van der Waals surface area contributed by atoms with Crippen LogP contribution in [0.15, 0.2) is 18.2 Å². The maximum atomic E-state index is 6.05. The zero-order valence-electron chi connectivity index (χ0n) is 11.4. The molecule has 0 aliphatic heterocycles. The van der Waals surface area contributed by atoms with Gasteiger partial charge in [-0.15, -0.1) is 0 Å². The summed E-state index contributed by atoms with van der Waals surface area (Å²) in [7, 11) is 0. The number of rotatable bonds is 3. The first-order valence-electron chi connectivity index (χ1n) is 6.22. The van der Waals surface area contributed by atoms with E-state index in [-0.39, 0.29) is 5.41 Å². The van der Waals surface area contributed by atoms with Crippen LogP contribution < -0.4 is 5.73 Å². The Morgan fingerprint density at radius 1 is 1.39 bits per heavy atom. The van der Waals surface area contributed by atoms with Gasteiger partial charge in [0.15, 0.2) is 0 Å². The molecule has 0 saturated carbocycles. The summed E-state index contributed by atoms with van der Waals surface area (Å²) in [6, 6.07) is 5.68. The second-order valence-corrected chi connectivity index (χ2v) is 6.27. The Morgan fingerprint density at radius 3 is 2.67 bits per heavy atom. The fourth-order valence-electron chi connectivity index (χ4n) is 1.87. The maximum Gasteiger partial charge on any atom is 0.201 e. The van der Waals surface area contributed by atoms with Gasteiger partial charge in [0.1, 0.15) is 0 Å². The number of halogens is 1. The molecule has 0 bridgehead atoms. The van der Waals surface area contributed by atoms with Gasteiger partial charge in [-0.2, -0.15) is 0 Å². The highest BCUT2D eigenvalue weighted by atomic mass is 35.5. The number of benzene rings is 1. The lowest BCUT2D eigenvalue weighted by Gasteiger charge is -2.30. The number of nitrogens with two attached hydrogens (primary N) is 1. The number of aromatic nitrogens is 2. The number of anilines is 1. The van der Waals surface area contributed by atoms with E-state index in [4.69, 9.17) is 17.3 Å². The highest BCUT2D eigenvalue weighted by Gasteiger charge is 2.24. The van der Waals surface area contributed by atoms with Crippen molar-refractivity contribution in [1.82, 2.24) is 9.55 Å². The number of fused-ring (bicyclic) bond motifs is 1. The van der Waals surface area contributed by atoms with Crippen LogP contribution in [0.25, 0.3) is 11.0 Å². The van der Waals surface area contributed by atoms with Crippen molar-refractivity contribution in [2.24, 2.45) is 11.3 Å². The molecule has 0 saturated heterocycles. The molecule has 4 heteroatoms. The lowest BCUT2D eigenvalue weighted by Crippen LogP contribution is -2.26. The van der Waals surface area contributed by atoms with Gasteiger partial charge in [0, 0.05) is 11.6 Å². The molecule has 1 aromatic heterocycles. The van der Waals surface area contributed by atoms with Gasteiger partial charge < -0.3 is 10.3 Å². The molecule has 1 aromatic carbocycles. The first-order valence-corrected chi connectivity index (χ1v) is 6.60. The molecule has 2 aromatic rings. The normalized spacial score (nSPS) is 12.6. The van der Waals surface area contributed by atoms with Gasteiger partial charge in [-0.25, -0.2) is 4.98 Å². The number of imidazole rings is 1. The molecule has 0 atom stereocenters. The molecule has 2 rings (SSSR count). The summed E-state index contributed by atoms with van der Waals surface area (Å²) in [4.78, 5) is 4.38. The van der Waals surface area contributed by atoms with E-state index >= 15 is 0 Å². The van der Waals surface area contributed by atoms with Gasteiger partial charge in [-0.05, 0) is 29.5 Å². The average molecular weight is 266 g/mol. The molecule has 0 aliphatic rings. The Hall–Kier alpha value is -1.22. The topological polar surface area (TPSA) is 43.8 Å². The zero-order chi connectivity index (χ0) is 13.5. The lowest BCUT2D eigenvalue weighted by atomic mass is 9.81. The minimum absolute atomic E-state index is 0.157. The molecule has 3 nitrogen and oxygen atoms in total. The highest BCUT2D eigenvalue weighted by molar-refractivity contribution is 6.31. The van der Waals surface area contributed by atoms with Crippen LogP contribution >= 0.6 is 11.6 Å². The van der Waals surface area contributed by atoms with E-state index in [2.05, 4.69) is 37.2 Å². The van der Waals surface area contributed by atoms with E-state index in [9.17, 15) is 0 Å². The molecule has 98 valence electrons. The number of hydrogen-bond acceptors (Lipinski definition) is 2. The molecule has 0 spiro atoms. The summed E-state index contributed by atoms with van der Waals surface area (Å²) in [5.74, 6) is 1.12. The zero-order valence-corrected chi connectivity index (χ0v) is 12.1. The second kappa shape index (κ2) is 4.47. The average Bonchev–Trinajstić information content (AvgIpc) is 2.55. The third kappa shape index (κ3) is 2.32. The summed E-state index contributed by atoms with van der Waals surface area (Å²) in [5, 5.41) is 0.714. The Balaban J connectivity index is 2.50. The Bertz CT molecular complexity index is 570. The van der Waals surface area contributed by atoms with Gasteiger partial charge in [0.25, 0.3) is 0 Å². The maximum absolute atomic E-state index is 6.05. The molecule has 0 fully saturated rings. The summed E-state index contributed by atoms with van der Waals surface area (Å²) < 4.78 is 2.06. The number of hydrogen-bond donors (Lipinski definition) is 1. The summed E-state index contributed by atoms with van der Waals surface area (Å²) in [6.45, 7) is 9.78. The lowest BCUT2D eigenvalue weighted by molar-refractivity contribution is 0.214. The SMILES string of the molecule is CC(C)C(C)(C)Cn1c(N)nc2ccc(Cl)cc21. The number of nitrogen functional groups attached to an aromatic ring is 1. The van der Waals surface area contributed by atoms with Gasteiger partial charge in [-0.1, -0.05) is 39.3 Å². The van der Waals surface area contributed by atoms with Crippen LogP contribution in [0.3, 0.4) is 0 Å². The molecule has 2 N–H and O–H groups in total. The third-order valence-corrected chi connectivity index (χ3v) is 4.10. The minimum atomic E-state index is 0.157. The van der Waals surface area contributed by atoms with E-state index in [0.717, 1.165) is 17.6 Å². The molecule has 0 aliphatic carbocycles. The van der Waals surface area contributed by atoms with Gasteiger partial charge in [0.2, 0.25) is 5.95 Å². The van der Waals surface area contributed by atoms with Crippen molar-refractivity contribution in [3.8, 4) is 0 Å². The van der Waals surface area contributed by atoms with Crippen molar-refractivity contribution in [2.45, 2.75) is 34.2 Å². The van der Waals surface area contributed by atoms with Crippen LogP contribution in [0.4, 0.5) is 5.95 Å². The van der Waals surface area contributed by atoms with Crippen LogP contribution in [0, 0.1) is 11.3 Å². The highest BCUT2D eigenvalue weighted by Crippen LogP contribution is 2.31. The van der Waals surface area contributed by atoms with Crippen molar-refractivity contribution in [3.63, 3.8) is 0 Å². The van der Waals surface area contributed by atoms with Crippen molar-refractivity contribution in [1.29, 1.82) is 0 Å². The largest absolute Gasteiger partial charge is 0.369 e. The Kier molecular flexibility index (Phi) is 3.28. The molecule has 0 amide bonds. The second-order valence-electron chi connectivity index (χ2n) is 5.83. The molecule has 18 heavy (non-hydrogen) atoms. The van der Waals surface area contributed by atoms with E-state index in [1.54, 1.807) is 0 Å². The van der Waals surface area contributed by atoms with Crippen LogP contribution in [0.5, 0.6) is 0 Å². The predicted octanol–water partition coefficient (Wildman–Crippen LogP) is 3.95. The molecule has 1 heterocycles. The van der Waals surface area contributed by atoms with E-state index < -0.39 is 0 Å². The minimum Gasteiger partial charge on any atom is -0.369 e. The molecule has 0 radical (unpaired) electrons. The Labute approximate surface area is 113 Å². The van der Waals surface area contributed by atoms with Crippen molar-refractivity contribution in [3.05, 3.63) is 23.2 Å². The quantitative estimate of drug-likeness (QED) is 0.913. The summed E-state index contributed by atoms with van der Waals surface area (Å²) in [6.07, 6.45) is 0. The third-order valence-electron chi connectivity index (χ3n) is 3.87. The van der Waals surface area contributed by atoms with E-state index in [1.165, 1.54) is 0 Å². The molecule has 0 unspecified atom stereocenters. The van der Waals surface area contributed by atoms with Gasteiger partial charge >= 0.3 is 0 Å². The van der Waals surface area contributed by atoms with Crippen molar-refractivity contribution >= 4 is 28.6 Å². The molecular weight excluding hydrogens is 246 g/mol. The van der Waals surface area contributed by atoms with E-state index in [0.29, 0.717) is 16.9 Å². The predicted molar refractivity (Wildman–Crippen MR) is 77.8 cm³/mol.